The number of carbonyl (C=O) groups is 1. The topological polar surface area (TPSA) is 95.7 Å². The molecule has 0 aliphatic carbocycles. The molecule has 0 amide bonds. The maximum atomic E-state index is 13.3. The molecule has 3 atom stereocenters. The molecule has 8 nitrogen and oxygen atoms in total. The van der Waals surface area contributed by atoms with E-state index in [9.17, 15) is 9.90 Å². The van der Waals surface area contributed by atoms with Gasteiger partial charge in [-0.25, -0.2) is 4.68 Å². The molecule has 2 unspecified atom stereocenters. The normalized spacial score (nSPS) is 13.6. The van der Waals surface area contributed by atoms with E-state index in [2.05, 4.69) is 22.4 Å². The summed E-state index contributed by atoms with van der Waals surface area (Å²) >= 11 is 0. The number of rotatable bonds is 16. The number of nitrogens with zero attached hydrogens (tertiary/aromatic N) is 3. The number of hydrogen-bond acceptors (Lipinski definition) is 7. The summed E-state index contributed by atoms with van der Waals surface area (Å²) in [6.45, 7) is 10.5. The Balaban J connectivity index is 1.54. The van der Waals surface area contributed by atoms with E-state index in [4.69, 9.17) is 14.2 Å². The van der Waals surface area contributed by atoms with Gasteiger partial charge in [-0.3, -0.25) is 4.79 Å². The Bertz CT molecular complexity index is 1470. The maximum absolute atomic E-state index is 13.3. The monoisotopic (exact) mass is 587 g/mol. The number of ether oxygens (including phenoxy) is 3. The van der Waals surface area contributed by atoms with Crippen molar-refractivity contribution in [2.75, 3.05) is 26.9 Å². The average molecular weight is 588 g/mol. The van der Waals surface area contributed by atoms with Gasteiger partial charge in [-0.15, -0.1) is 5.10 Å². The Morgan fingerprint density at radius 3 is 2.47 bits per heavy atom. The third kappa shape index (κ3) is 8.50. The molecule has 0 spiro atoms. The summed E-state index contributed by atoms with van der Waals surface area (Å²) in [5.74, 6) is -0.473. The van der Waals surface area contributed by atoms with Crippen molar-refractivity contribution in [3.63, 3.8) is 0 Å². The van der Waals surface area contributed by atoms with Crippen molar-refractivity contribution >= 4 is 17.0 Å². The summed E-state index contributed by atoms with van der Waals surface area (Å²) in [6.07, 6.45) is 1.64. The van der Waals surface area contributed by atoms with Crippen molar-refractivity contribution in [1.82, 2.24) is 15.0 Å². The summed E-state index contributed by atoms with van der Waals surface area (Å²) in [6, 6.07) is 20.2. The number of aliphatic hydroxyl groups excluding tert-OH is 1. The quantitative estimate of drug-likeness (QED) is 0.122. The van der Waals surface area contributed by atoms with Gasteiger partial charge in [0.1, 0.15) is 5.52 Å². The average Bonchev–Trinajstić information content (AvgIpc) is 3.41. The third-order valence-corrected chi connectivity index (χ3v) is 8.11. The molecule has 3 aromatic carbocycles. The standard InChI is InChI=1S/C35H45N3O5/c1-6-43-35(40)32(21-29-13-12-24(2)31(20-29)26(4)39)30-14-15-33-34(25(30)3)36-37-38(33)22-27(16-18-41-5)17-19-42-23-28-10-8-7-9-11-28/h7-15,20,26-27,32,39H,6,16-19,21-23H2,1-5H3/t26-,27?,32?/m0/s1. The predicted molar refractivity (Wildman–Crippen MR) is 168 cm³/mol. The van der Waals surface area contributed by atoms with Crippen LogP contribution in [0.4, 0.5) is 0 Å². The van der Waals surface area contributed by atoms with Crippen LogP contribution in [0.15, 0.2) is 60.7 Å². The van der Waals surface area contributed by atoms with Gasteiger partial charge >= 0.3 is 5.97 Å². The number of fused-ring (bicyclic) bond motifs is 1. The summed E-state index contributed by atoms with van der Waals surface area (Å²) in [5, 5.41) is 19.3. The molecule has 0 saturated carbocycles. The second-order valence-corrected chi connectivity index (χ2v) is 11.3. The highest BCUT2D eigenvalue weighted by Crippen LogP contribution is 2.31. The SMILES string of the molecule is CCOC(=O)C(Cc1ccc(C)c([C@H](C)O)c1)c1ccc2c(nnn2CC(CCOC)CCOCc2ccccc2)c1C. The zero-order valence-electron chi connectivity index (χ0n) is 26.1. The largest absolute Gasteiger partial charge is 0.466 e. The molecular formula is C35H45N3O5. The molecule has 4 rings (SSSR count). The van der Waals surface area contributed by atoms with E-state index in [1.165, 1.54) is 0 Å². The summed E-state index contributed by atoms with van der Waals surface area (Å²) in [7, 11) is 1.72. The predicted octanol–water partition coefficient (Wildman–Crippen LogP) is 6.25. The molecule has 1 N–H and O–H groups in total. The first-order valence-electron chi connectivity index (χ1n) is 15.2. The minimum Gasteiger partial charge on any atom is -0.466 e. The van der Waals surface area contributed by atoms with Gasteiger partial charge in [-0.1, -0.05) is 59.8 Å². The van der Waals surface area contributed by atoms with Crippen LogP contribution in [0.1, 0.15) is 72.1 Å². The van der Waals surface area contributed by atoms with E-state index in [-0.39, 0.29) is 5.97 Å². The van der Waals surface area contributed by atoms with E-state index >= 15 is 0 Å². The molecule has 43 heavy (non-hydrogen) atoms. The molecule has 4 aromatic rings. The first-order valence-corrected chi connectivity index (χ1v) is 15.2. The molecule has 0 aliphatic rings. The fourth-order valence-corrected chi connectivity index (χ4v) is 5.63. The van der Waals surface area contributed by atoms with E-state index in [1.54, 1.807) is 14.0 Å². The van der Waals surface area contributed by atoms with Crippen LogP contribution < -0.4 is 0 Å². The summed E-state index contributed by atoms with van der Waals surface area (Å²) in [5.41, 5.74) is 7.53. The van der Waals surface area contributed by atoms with Crippen molar-refractivity contribution in [2.24, 2.45) is 5.92 Å². The molecular weight excluding hydrogens is 542 g/mol. The lowest BCUT2D eigenvalue weighted by Gasteiger charge is -2.20. The molecule has 230 valence electrons. The van der Waals surface area contributed by atoms with Gasteiger partial charge in [0.2, 0.25) is 0 Å². The second kappa shape index (κ2) is 15.8. The van der Waals surface area contributed by atoms with Crippen molar-refractivity contribution < 1.29 is 24.1 Å². The van der Waals surface area contributed by atoms with Crippen LogP contribution in [-0.4, -0.2) is 53.0 Å². The molecule has 1 aromatic heterocycles. The zero-order chi connectivity index (χ0) is 30.8. The van der Waals surface area contributed by atoms with Gasteiger partial charge < -0.3 is 19.3 Å². The van der Waals surface area contributed by atoms with Gasteiger partial charge in [-0.2, -0.15) is 0 Å². The molecule has 1 heterocycles. The van der Waals surface area contributed by atoms with Crippen molar-refractivity contribution in [2.45, 2.75) is 72.1 Å². The van der Waals surface area contributed by atoms with Crippen LogP contribution >= 0.6 is 0 Å². The van der Waals surface area contributed by atoms with Crippen LogP contribution in [0, 0.1) is 19.8 Å². The lowest BCUT2D eigenvalue weighted by atomic mass is 9.87. The Hall–Kier alpha value is -3.59. The van der Waals surface area contributed by atoms with Crippen molar-refractivity contribution in [1.29, 1.82) is 0 Å². The Morgan fingerprint density at radius 2 is 1.74 bits per heavy atom. The molecule has 0 aliphatic heterocycles. The lowest BCUT2D eigenvalue weighted by molar-refractivity contribution is -0.145. The fourth-order valence-electron chi connectivity index (χ4n) is 5.63. The second-order valence-electron chi connectivity index (χ2n) is 11.3. The number of methoxy groups -OCH3 is 1. The Morgan fingerprint density at radius 1 is 0.977 bits per heavy atom. The first-order chi connectivity index (χ1) is 20.8. The van der Waals surface area contributed by atoms with E-state index in [0.717, 1.165) is 57.3 Å². The Labute approximate surface area is 255 Å². The van der Waals surface area contributed by atoms with Gasteiger partial charge in [-0.05, 0) is 92.3 Å². The number of benzene rings is 3. The highest BCUT2D eigenvalue weighted by Gasteiger charge is 2.27. The van der Waals surface area contributed by atoms with E-state index in [0.29, 0.717) is 45.3 Å². The van der Waals surface area contributed by atoms with Crippen molar-refractivity contribution in [3.05, 3.63) is 94.0 Å². The van der Waals surface area contributed by atoms with Crippen LogP contribution in [0.5, 0.6) is 0 Å². The fraction of sp³-hybridized carbons (Fsp3) is 0.457. The first kappa shape index (κ1) is 32.3. The molecule has 0 bridgehead atoms. The Kier molecular flexibility index (Phi) is 11.8. The van der Waals surface area contributed by atoms with Gasteiger partial charge in [0.15, 0.2) is 0 Å². The minimum absolute atomic E-state index is 0.272. The van der Waals surface area contributed by atoms with E-state index < -0.39 is 12.0 Å². The van der Waals surface area contributed by atoms with Gasteiger partial charge in [0, 0.05) is 26.9 Å². The van der Waals surface area contributed by atoms with Crippen LogP contribution in [0.25, 0.3) is 11.0 Å². The number of aryl methyl sites for hydroxylation is 2. The lowest BCUT2D eigenvalue weighted by Crippen LogP contribution is -2.20. The minimum atomic E-state index is -0.586. The van der Waals surface area contributed by atoms with Crippen molar-refractivity contribution in [3.8, 4) is 0 Å². The molecule has 8 heteroatoms. The van der Waals surface area contributed by atoms with E-state index in [1.807, 2.05) is 74.0 Å². The van der Waals surface area contributed by atoms with Crippen LogP contribution in [0.3, 0.4) is 0 Å². The number of hydrogen-bond donors (Lipinski definition) is 1. The van der Waals surface area contributed by atoms with Crippen LogP contribution in [-0.2, 0) is 38.6 Å². The number of aromatic nitrogens is 3. The number of esters is 1. The smallest absolute Gasteiger partial charge is 0.313 e. The van der Waals surface area contributed by atoms with Gasteiger partial charge in [0.25, 0.3) is 0 Å². The zero-order valence-corrected chi connectivity index (χ0v) is 26.1. The summed E-state index contributed by atoms with van der Waals surface area (Å²) < 4.78 is 18.8. The highest BCUT2D eigenvalue weighted by atomic mass is 16.5. The van der Waals surface area contributed by atoms with Gasteiger partial charge in [0.05, 0.1) is 30.8 Å². The molecule has 0 fully saturated rings. The molecule has 0 radical (unpaired) electrons. The van der Waals surface area contributed by atoms with Crippen LogP contribution in [0.2, 0.25) is 0 Å². The third-order valence-electron chi connectivity index (χ3n) is 8.11. The number of carbonyl (C=O) groups excluding carboxylic acids is 1. The number of aliphatic hydroxyl groups is 1. The highest BCUT2D eigenvalue weighted by molar-refractivity contribution is 5.85. The summed E-state index contributed by atoms with van der Waals surface area (Å²) in [4.78, 5) is 13.3. The molecule has 0 saturated heterocycles. The maximum Gasteiger partial charge on any atom is 0.313 e.